The first-order chi connectivity index (χ1) is 14.7. The molecule has 6 nitrogen and oxygen atoms in total. The Bertz CT molecular complexity index is 1120. The molecule has 0 radical (unpaired) electrons. The molecule has 0 amide bonds. The molecule has 0 bridgehead atoms. The quantitative estimate of drug-likeness (QED) is 0.452. The van der Waals surface area contributed by atoms with Gasteiger partial charge in [-0.05, 0) is 35.7 Å². The van der Waals surface area contributed by atoms with Gasteiger partial charge in [-0.2, -0.15) is 4.98 Å². The summed E-state index contributed by atoms with van der Waals surface area (Å²) in [6, 6.07) is 21.0. The van der Waals surface area contributed by atoms with Gasteiger partial charge in [0.1, 0.15) is 30.0 Å². The zero-order valence-electron chi connectivity index (χ0n) is 16.0. The Morgan fingerprint density at radius 2 is 1.77 bits per heavy atom. The Morgan fingerprint density at radius 3 is 2.63 bits per heavy atom. The van der Waals surface area contributed by atoms with Crippen LogP contribution >= 0.6 is 0 Å². The van der Waals surface area contributed by atoms with Gasteiger partial charge in [0.25, 0.3) is 0 Å². The summed E-state index contributed by atoms with van der Waals surface area (Å²) in [5.41, 5.74) is 0. The van der Waals surface area contributed by atoms with E-state index in [9.17, 15) is 9.50 Å². The van der Waals surface area contributed by atoms with E-state index in [0.717, 1.165) is 16.5 Å². The molecule has 0 fully saturated rings. The van der Waals surface area contributed by atoms with Gasteiger partial charge in [0.2, 0.25) is 11.8 Å². The normalized spacial score (nSPS) is 11.8. The minimum atomic E-state index is -0.769. The fourth-order valence-electron chi connectivity index (χ4n) is 2.88. The number of benzene rings is 3. The van der Waals surface area contributed by atoms with Gasteiger partial charge in [0.05, 0.1) is 0 Å². The molecule has 4 rings (SSSR count). The summed E-state index contributed by atoms with van der Waals surface area (Å²) < 4.78 is 24.4. The third kappa shape index (κ3) is 5.01. The number of hydrogen-bond donors (Lipinski definition) is 2. The van der Waals surface area contributed by atoms with E-state index in [4.69, 9.17) is 9.47 Å². The van der Waals surface area contributed by atoms with Crippen molar-refractivity contribution in [3.05, 3.63) is 84.8 Å². The van der Waals surface area contributed by atoms with E-state index in [1.165, 1.54) is 30.5 Å². The highest BCUT2D eigenvalue weighted by molar-refractivity contribution is 5.88. The summed E-state index contributed by atoms with van der Waals surface area (Å²) in [6.07, 6.45) is 0.766. The molecule has 1 unspecified atom stereocenters. The van der Waals surface area contributed by atoms with Crippen LogP contribution in [0.2, 0.25) is 0 Å². The van der Waals surface area contributed by atoms with E-state index in [-0.39, 0.29) is 19.0 Å². The highest BCUT2D eigenvalue weighted by Crippen LogP contribution is 2.25. The van der Waals surface area contributed by atoms with Gasteiger partial charge in [-0.15, -0.1) is 0 Å². The van der Waals surface area contributed by atoms with Gasteiger partial charge in [-0.3, -0.25) is 0 Å². The maximum absolute atomic E-state index is 13.0. The fraction of sp³-hybridized carbons (Fsp3) is 0.130. The van der Waals surface area contributed by atoms with Crippen molar-refractivity contribution < 1.29 is 19.0 Å². The van der Waals surface area contributed by atoms with Gasteiger partial charge < -0.3 is 19.9 Å². The van der Waals surface area contributed by atoms with Crippen molar-refractivity contribution in [2.45, 2.75) is 6.10 Å². The highest BCUT2D eigenvalue weighted by Gasteiger charge is 2.09. The summed E-state index contributed by atoms with van der Waals surface area (Å²) in [5.74, 6) is 1.45. The predicted molar refractivity (Wildman–Crippen MR) is 112 cm³/mol. The summed E-state index contributed by atoms with van der Waals surface area (Å²) >= 11 is 0. The molecular weight excluding hydrogens is 385 g/mol. The second-order valence-electron chi connectivity index (χ2n) is 6.60. The first kappa shape index (κ1) is 19.6. The van der Waals surface area contributed by atoms with Crippen molar-refractivity contribution in [3.8, 4) is 17.4 Å². The number of aliphatic hydroxyl groups is 1. The van der Waals surface area contributed by atoms with Gasteiger partial charge in [0, 0.05) is 24.2 Å². The molecule has 2 N–H and O–H groups in total. The van der Waals surface area contributed by atoms with Crippen LogP contribution in [0.3, 0.4) is 0 Å². The minimum Gasteiger partial charge on any atom is -0.490 e. The summed E-state index contributed by atoms with van der Waals surface area (Å²) in [4.78, 5) is 8.34. The lowest BCUT2D eigenvalue weighted by molar-refractivity contribution is 0.118. The van der Waals surface area contributed by atoms with E-state index in [1.54, 1.807) is 6.07 Å². The zero-order chi connectivity index (χ0) is 20.8. The minimum absolute atomic E-state index is 0.118. The third-order valence-electron chi connectivity index (χ3n) is 4.34. The molecule has 1 atom stereocenters. The van der Waals surface area contributed by atoms with Crippen molar-refractivity contribution in [2.75, 3.05) is 18.5 Å². The number of fused-ring (bicyclic) bond motifs is 1. The summed E-state index contributed by atoms with van der Waals surface area (Å²) in [5, 5.41) is 15.3. The van der Waals surface area contributed by atoms with Gasteiger partial charge in [-0.25, -0.2) is 9.37 Å². The fourth-order valence-corrected chi connectivity index (χ4v) is 2.88. The molecule has 4 aromatic rings. The second kappa shape index (κ2) is 9.19. The lowest BCUT2D eigenvalue weighted by Gasteiger charge is -2.15. The van der Waals surface area contributed by atoms with Gasteiger partial charge in [-0.1, -0.05) is 36.4 Å². The predicted octanol–water partition coefficient (Wildman–Crippen LogP) is 4.41. The van der Waals surface area contributed by atoms with E-state index in [1.807, 2.05) is 42.5 Å². The number of hydrogen-bond acceptors (Lipinski definition) is 6. The molecule has 0 saturated heterocycles. The standard InChI is InChI=1S/C23H20FN3O3/c24-17-8-10-19(11-9-17)30-22-12-13-25-23(27-22)26-14-18(28)15-29-21-7-3-5-16-4-1-2-6-20(16)21/h1-13,18,28H,14-15H2,(H,25,26,27). The number of rotatable bonds is 8. The number of halogens is 1. The number of aliphatic hydroxyl groups excluding tert-OH is 1. The maximum atomic E-state index is 13.0. The van der Waals surface area contributed by atoms with Crippen LogP contribution in [-0.2, 0) is 0 Å². The average Bonchev–Trinajstić information content (AvgIpc) is 2.78. The zero-order valence-corrected chi connectivity index (χ0v) is 16.0. The molecule has 0 aliphatic heterocycles. The van der Waals surface area contributed by atoms with Crippen molar-refractivity contribution in [3.63, 3.8) is 0 Å². The van der Waals surface area contributed by atoms with E-state index in [2.05, 4.69) is 15.3 Å². The number of nitrogens with zero attached hydrogens (tertiary/aromatic N) is 2. The first-order valence-electron chi connectivity index (χ1n) is 9.46. The van der Waals surface area contributed by atoms with E-state index in [0.29, 0.717) is 17.6 Å². The van der Waals surface area contributed by atoms with Gasteiger partial charge in [0.15, 0.2) is 0 Å². The van der Waals surface area contributed by atoms with Crippen LogP contribution < -0.4 is 14.8 Å². The van der Waals surface area contributed by atoms with Crippen LogP contribution in [-0.4, -0.2) is 34.3 Å². The molecule has 0 aliphatic carbocycles. The Hall–Kier alpha value is -3.71. The van der Waals surface area contributed by atoms with Crippen LogP contribution in [0.1, 0.15) is 0 Å². The molecule has 30 heavy (non-hydrogen) atoms. The molecule has 1 aromatic heterocycles. The van der Waals surface area contributed by atoms with E-state index >= 15 is 0 Å². The van der Waals surface area contributed by atoms with E-state index < -0.39 is 6.10 Å². The molecule has 0 spiro atoms. The van der Waals surface area contributed by atoms with Crippen molar-refractivity contribution >= 4 is 16.7 Å². The monoisotopic (exact) mass is 405 g/mol. The Kier molecular flexibility index (Phi) is 6.01. The van der Waals surface area contributed by atoms with Gasteiger partial charge >= 0.3 is 0 Å². The van der Waals surface area contributed by atoms with Crippen LogP contribution in [0.4, 0.5) is 10.3 Å². The topological polar surface area (TPSA) is 76.5 Å². The highest BCUT2D eigenvalue weighted by atomic mass is 19.1. The molecule has 1 heterocycles. The molecular formula is C23H20FN3O3. The average molecular weight is 405 g/mol. The summed E-state index contributed by atoms with van der Waals surface area (Å²) in [7, 11) is 0. The smallest absolute Gasteiger partial charge is 0.226 e. The molecule has 3 aromatic carbocycles. The number of nitrogens with one attached hydrogen (secondary N) is 1. The Morgan fingerprint density at radius 1 is 0.967 bits per heavy atom. The van der Waals surface area contributed by atoms with Crippen LogP contribution in [0.5, 0.6) is 17.4 Å². The molecule has 0 aliphatic rings. The maximum Gasteiger partial charge on any atom is 0.226 e. The lowest BCUT2D eigenvalue weighted by atomic mass is 10.1. The van der Waals surface area contributed by atoms with Crippen LogP contribution in [0.15, 0.2) is 79.0 Å². The first-order valence-corrected chi connectivity index (χ1v) is 9.46. The van der Waals surface area contributed by atoms with Crippen molar-refractivity contribution in [1.29, 1.82) is 0 Å². The second-order valence-corrected chi connectivity index (χ2v) is 6.60. The molecule has 152 valence electrons. The van der Waals surface area contributed by atoms with Crippen LogP contribution in [0.25, 0.3) is 10.8 Å². The number of aromatic nitrogens is 2. The lowest BCUT2D eigenvalue weighted by Crippen LogP contribution is -2.27. The summed E-state index contributed by atoms with van der Waals surface area (Å²) in [6.45, 7) is 0.317. The molecule has 7 heteroatoms. The number of anilines is 1. The van der Waals surface area contributed by atoms with Crippen LogP contribution in [0, 0.1) is 5.82 Å². The van der Waals surface area contributed by atoms with Crippen molar-refractivity contribution in [1.82, 2.24) is 9.97 Å². The Labute approximate surface area is 172 Å². The third-order valence-corrected chi connectivity index (χ3v) is 4.34. The SMILES string of the molecule is OC(CNc1nccc(Oc2ccc(F)cc2)n1)COc1cccc2ccccc12. The number of ether oxygens (including phenoxy) is 2. The van der Waals surface area contributed by atoms with Crippen molar-refractivity contribution in [2.24, 2.45) is 0 Å². The Balaban J connectivity index is 1.31. The molecule has 0 saturated carbocycles. The largest absolute Gasteiger partial charge is 0.490 e.